The third-order valence-corrected chi connectivity index (χ3v) is 0.584. The molecule has 4 heteroatoms. The van der Waals surface area contributed by atoms with Gasteiger partial charge in [0, 0.05) is 7.05 Å². The summed E-state index contributed by atoms with van der Waals surface area (Å²) in [5.41, 5.74) is 5.00. The van der Waals surface area contributed by atoms with Gasteiger partial charge in [-0.25, -0.2) is 4.79 Å². The van der Waals surface area contributed by atoms with Crippen molar-refractivity contribution in [3.8, 4) is 12.3 Å². The smallest absolute Gasteiger partial charge is 0.343 e. The second-order valence-electron chi connectivity index (χ2n) is 1.20. The van der Waals surface area contributed by atoms with E-state index in [0.717, 1.165) is 0 Å². The maximum atomic E-state index is 10.3. The predicted molar refractivity (Wildman–Crippen MR) is 34.9 cm³/mol. The summed E-state index contributed by atoms with van der Waals surface area (Å²) < 4.78 is 0. The van der Waals surface area contributed by atoms with Gasteiger partial charge in [-0.05, 0) is 5.92 Å². The molecular formula is C5H7N3O. The first-order chi connectivity index (χ1) is 4.20. The van der Waals surface area contributed by atoms with Crippen LogP contribution in [0.4, 0.5) is 4.79 Å². The van der Waals surface area contributed by atoms with Crippen molar-refractivity contribution in [2.45, 2.75) is 0 Å². The van der Waals surface area contributed by atoms with Gasteiger partial charge in [0.2, 0.25) is 0 Å². The molecule has 48 valence electrons. The average Bonchev–Trinajstić information content (AvgIpc) is 1.87. The Hall–Kier alpha value is -1.50. The molecule has 0 rings (SSSR count). The summed E-state index contributed by atoms with van der Waals surface area (Å²) in [7, 11) is 1.44. The van der Waals surface area contributed by atoms with E-state index in [1.165, 1.54) is 7.05 Å². The first-order valence-electron chi connectivity index (χ1n) is 2.23. The van der Waals surface area contributed by atoms with Crippen LogP contribution in [0.1, 0.15) is 0 Å². The van der Waals surface area contributed by atoms with Crippen LogP contribution in [0.2, 0.25) is 0 Å². The molecule has 3 N–H and O–H groups in total. The van der Waals surface area contributed by atoms with Crippen LogP contribution in [0.15, 0.2) is 4.99 Å². The van der Waals surface area contributed by atoms with Gasteiger partial charge >= 0.3 is 6.03 Å². The highest BCUT2D eigenvalue weighted by Gasteiger charge is 1.90. The number of hydrogen-bond acceptors (Lipinski definition) is 1. The molecule has 0 aromatic rings. The maximum Gasteiger partial charge on any atom is 0.343 e. The number of amidine groups is 1. The fourth-order valence-electron chi connectivity index (χ4n) is 0.198. The fraction of sp³-hybridized carbons (Fsp3) is 0.200. The van der Waals surface area contributed by atoms with Gasteiger partial charge in [-0.1, -0.05) is 0 Å². The number of aliphatic imine (C=N–C) groups is 1. The van der Waals surface area contributed by atoms with Crippen LogP contribution >= 0.6 is 0 Å². The number of carbonyl (C=O) groups is 1. The highest BCUT2D eigenvalue weighted by molar-refractivity contribution is 6.03. The van der Waals surface area contributed by atoms with E-state index in [1.807, 2.05) is 5.92 Å². The molecule has 0 aliphatic heterocycles. The number of hydrogen-bond donors (Lipinski definition) is 2. The molecule has 0 saturated heterocycles. The third-order valence-electron chi connectivity index (χ3n) is 0.584. The van der Waals surface area contributed by atoms with Crippen molar-refractivity contribution in [3.63, 3.8) is 0 Å². The summed E-state index contributed by atoms with van der Waals surface area (Å²) in [5, 5.41) is 2.23. The van der Waals surface area contributed by atoms with Crippen molar-refractivity contribution >= 4 is 11.9 Å². The fourth-order valence-corrected chi connectivity index (χ4v) is 0.198. The summed E-state index contributed by atoms with van der Waals surface area (Å²) >= 11 is 0. The summed E-state index contributed by atoms with van der Waals surface area (Å²) in [4.78, 5) is 13.5. The van der Waals surface area contributed by atoms with Gasteiger partial charge in [-0.2, -0.15) is 4.99 Å². The Morgan fingerprint density at radius 2 is 2.44 bits per heavy atom. The molecular weight excluding hydrogens is 118 g/mol. The zero-order valence-electron chi connectivity index (χ0n) is 5.01. The lowest BCUT2D eigenvalue weighted by Crippen LogP contribution is -2.18. The minimum Gasteiger partial charge on any atom is -0.376 e. The zero-order chi connectivity index (χ0) is 7.28. The molecule has 0 unspecified atom stereocenters. The topological polar surface area (TPSA) is 67.5 Å². The SMILES string of the molecule is C#C/C(N)=N\C(=O)NC. The van der Waals surface area contributed by atoms with Crippen LogP contribution in [0.25, 0.3) is 0 Å². The van der Waals surface area contributed by atoms with Crippen molar-refractivity contribution < 1.29 is 4.79 Å². The van der Waals surface area contributed by atoms with Crippen LogP contribution in [0, 0.1) is 12.3 Å². The van der Waals surface area contributed by atoms with E-state index in [1.54, 1.807) is 0 Å². The molecule has 4 nitrogen and oxygen atoms in total. The Morgan fingerprint density at radius 3 is 2.78 bits per heavy atom. The van der Waals surface area contributed by atoms with Crippen molar-refractivity contribution in [3.05, 3.63) is 0 Å². The minimum absolute atomic E-state index is 0.116. The first-order valence-corrected chi connectivity index (χ1v) is 2.23. The van der Waals surface area contributed by atoms with E-state index in [-0.39, 0.29) is 5.84 Å². The molecule has 0 spiro atoms. The molecule has 0 aliphatic rings. The normalized spacial score (nSPS) is 10.0. The zero-order valence-corrected chi connectivity index (χ0v) is 5.01. The number of carbonyl (C=O) groups excluding carboxylic acids is 1. The van der Waals surface area contributed by atoms with Gasteiger partial charge in [0.15, 0.2) is 5.84 Å². The lowest BCUT2D eigenvalue weighted by molar-refractivity contribution is 0.251. The maximum absolute atomic E-state index is 10.3. The number of nitrogens with two attached hydrogens (primary N) is 1. The van der Waals surface area contributed by atoms with Gasteiger partial charge in [0.05, 0.1) is 0 Å². The van der Waals surface area contributed by atoms with Gasteiger partial charge in [-0.3, -0.25) is 0 Å². The van der Waals surface area contributed by atoms with Gasteiger partial charge in [-0.15, -0.1) is 6.42 Å². The highest BCUT2D eigenvalue weighted by Crippen LogP contribution is 1.70. The molecule has 0 heterocycles. The van der Waals surface area contributed by atoms with E-state index in [4.69, 9.17) is 12.2 Å². The molecule has 0 saturated carbocycles. The van der Waals surface area contributed by atoms with Crippen LogP contribution in [-0.4, -0.2) is 18.9 Å². The Kier molecular flexibility index (Phi) is 2.91. The molecule has 2 amide bonds. The summed E-state index contributed by atoms with van der Waals surface area (Å²) in [6.07, 6.45) is 4.79. The number of urea groups is 1. The molecule has 0 aromatic carbocycles. The summed E-state index contributed by atoms with van der Waals surface area (Å²) in [5.74, 6) is 1.88. The minimum atomic E-state index is -0.537. The quantitative estimate of drug-likeness (QED) is 0.256. The standard InChI is InChI=1S/C5H7N3O/c1-3-4(6)8-5(9)7-2/h1H,2H3,(H3,6,7,8,9). The van der Waals surface area contributed by atoms with E-state index >= 15 is 0 Å². The van der Waals surface area contributed by atoms with Crippen LogP contribution < -0.4 is 11.1 Å². The molecule has 0 aliphatic carbocycles. The predicted octanol–water partition coefficient (Wildman–Crippen LogP) is -0.684. The highest BCUT2D eigenvalue weighted by atomic mass is 16.2. The van der Waals surface area contributed by atoms with E-state index in [0.29, 0.717) is 0 Å². The molecule has 0 radical (unpaired) electrons. The van der Waals surface area contributed by atoms with E-state index in [9.17, 15) is 4.79 Å². The molecule has 0 aromatic heterocycles. The van der Waals surface area contributed by atoms with Crippen molar-refractivity contribution in [1.82, 2.24) is 5.32 Å². The molecule has 0 atom stereocenters. The molecule has 0 bridgehead atoms. The number of terminal acetylenes is 1. The molecule has 0 fully saturated rings. The van der Waals surface area contributed by atoms with Crippen molar-refractivity contribution in [2.75, 3.05) is 7.05 Å². The Balaban J connectivity index is 4.00. The van der Waals surface area contributed by atoms with Gasteiger partial charge in [0.25, 0.3) is 0 Å². The lowest BCUT2D eigenvalue weighted by atomic mass is 10.6. The van der Waals surface area contributed by atoms with Crippen LogP contribution in [-0.2, 0) is 0 Å². The summed E-state index contributed by atoms with van der Waals surface area (Å²) in [6.45, 7) is 0. The number of nitrogens with zero attached hydrogens (tertiary/aromatic N) is 1. The van der Waals surface area contributed by atoms with Crippen molar-refractivity contribution in [2.24, 2.45) is 10.7 Å². The second-order valence-corrected chi connectivity index (χ2v) is 1.20. The molecule has 9 heavy (non-hydrogen) atoms. The number of amides is 2. The largest absolute Gasteiger partial charge is 0.376 e. The Labute approximate surface area is 53.1 Å². The Morgan fingerprint density at radius 1 is 1.89 bits per heavy atom. The van der Waals surface area contributed by atoms with Gasteiger partial charge in [0.1, 0.15) is 0 Å². The summed E-state index contributed by atoms with van der Waals surface area (Å²) in [6, 6.07) is -0.537. The average molecular weight is 125 g/mol. The number of nitrogens with one attached hydrogen (secondary N) is 1. The van der Waals surface area contributed by atoms with E-state index in [2.05, 4.69) is 10.3 Å². The van der Waals surface area contributed by atoms with Crippen molar-refractivity contribution in [1.29, 1.82) is 0 Å². The monoisotopic (exact) mass is 125 g/mol. The third kappa shape index (κ3) is 3.12. The first kappa shape index (κ1) is 7.50. The number of rotatable bonds is 0. The Bertz CT molecular complexity index is 177. The van der Waals surface area contributed by atoms with E-state index < -0.39 is 6.03 Å². The van der Waals surface area contributed by atoms with Gasteiger partial charge < -0.3 is 11.1 Å². The second kappa shape index (κ2) is 3.50. The lowest BCUT2D eigenvalue weighted by Gasteiger charge is -1.88. The van der Waals surface area contributed by atoms with Crippen LogP contribution in [0.5, 0.6) is 0 Å². The van der Waals surface area contributed by atoms with Crippen LogP contribution in [0.3, 0.4) is 0 Å².